The minimum Gasteiger partial charge on any atom is -0.383 e. The van der Waals surface area contributed by atoms with E-state index in [4.69, 9.17) is 5.73 Å². The van der Waals surface area contributed by atoms with Crippen LogP contribution in [0.15, 0.2) is 15.7 Å². The Morgan fingerprint density at radius 2 is 2.56 bits per heavy atom. The Labute approximate surface area is 62.4 Å². The number of aliphatic imine (C=N–C) groups is 1. The highest BCUT2D eigenvalue weighted by molar-refractivity contribution is 9.12. The van der Waals surface area contributed by atoms with Crippen LogP contribution < -0.4 is 5.73 Å². The Morgan fingerprint density at radius 1 is 1.89 bits per heavy atom. The predicted octanol–water partition coefficient (Wildman–Crippen LogP) is 0.483. The molecule has 0 bridgehead atoms. The Morgan fingerprint density at radius 3 is 3.00 bits per heavy atom. The van der Waals surface area contributed by atoms with Crippen LogP contribution in [-0.2, 0) is 0 Å². The summed E-state index contributed by atoms with van der Waals surface area (Å²) in [5.74, 6) is 0.577. The second-order valence-electron chi connectivity index (χ2n) is 1.92. The van der Waals surface area contributed by atoms with Gasteiger partial charge in [0, 0.05) is 13.2 Å². The van der Waals surface area contributed by atoms with Crippen molar-refractivity contribution in [3.05, 3.63) is 10.7 Å². The summed E-state index contributed by atoms with van der Waals surface area (Å²) in [5, 5.41) is 0. The van der Waals surface area contributed by atoms with E-state index in [1.165, 1.54) is 0 Å². The summed E-state index contributed by atoms with van der Waals surface area (Å²) >= 11 is 3.26. The van der Waals surface area contributed by atoms with Crippen LogP contribution in [0.5, 0.6) is 0 Å². The number of rotatable bonds is 0. The van der Waals surface area contributed by atoms with E-state index in [0.717, 1.165) is 4.48 Å². The summed E-state index contributed by atoms with van der Waals surface area (Å²) in [6.45, 7) is 0.654. The van der Waals surface area contributed by atoms with Crippen LogP contribution in [0.2, 0.25) is 0 Å². The molecular formula is C5H8BrN3. The number of nitrogens with zero attached hydrogens (tertiary/aromatic N) is 2. The topological polar surface area (TPSA) is 41.6 Å². The molecule has 0 saturated carbocycles. The van der Waals surface area contributed by atoms with Crippen molar-refractivity contribution in [3.8, 4) is 0 Å². The number of amidine groups is 1. The molecule has 50 valence electrons. The standard InChI is InChI=1S/C5H8BrN3/c1-9-2-4(6)5(7)8-3-9/h2H,3H2,1H3,(H2,7,8). The minimum absolute atomic E-state index is 0.577. The van der Waals surface area contributed by atoms with E-state index >= 15 is 0 Å². The third-order valence-corrected chi connectivity index (χ3v) is 1.65. The van der Waals surface area contributed by atoms with E-state index in [1.807, 2.05) is 18.1 Å². The largest absolute Gasteiger partial charge is 0.383 e. The van der Waals surface area contributed by atoms with Crippen LogP contribution in [0.4, 0.5) is 0 Å². The highest BCUT2D eigenvalue weighted by Gasteiger charge is 2.04. The van der Waals surface area contributed by atoms with Crippen LogP contribution in [0.1, 0.15) is 0 Å². The van der Waals surface area contributed by atoms with Gasteiger partial charge in [-0.3, -0.25) is 0 Å². The van der Waals surface area contributed by atoms with Crippen LogP contribution >= 0.6 is 15.9 Å². The highest BCUT2D eigenvalue weighted by Crippen LogP contribution is 2.09. The molecule has 0 radical (unpaired) electrons. The molecule has 0 saturated heterocycles. The molecule has 4 heteroatoms. The van der Waals surface area contributed by atoms with Crippen molar-refractivity contribution in [1.82, 2.24) is 4.90 Å². The van der Waals surface area contributed by atoms with E-state index < -0.39 is 0 Å². The van der Waals surface area contributed by atoms with Crippen molar-refractivity contribution >= 4 is 21.8 Å². The van der Waals surface area contributed by atoms with Gasteiger partial charge >= 0.3 is 0 Å². The average Bonchev–Trinajstić information content (AvgIpc) is 1.80. The first-order valence-corrected chi connectivity index (χ1v) is 3.37. The van der Waals surface area contributed by atoms with Crippen LogP contribution in [0.3, 0.4) is 0 Å². The first-order valence-electron chi connectivity index (χ1n) is 2.58. The molecule has 1 heterocycles. The van der Waals surface area contributed by atoms with E-state index in [-0.39, 0.29) is 0 Å². The Bertz CT molecular complexity index is 173. The Hall–Kier alpha value is -0.510. The molecule has 0 aromatic rings. The summed E-state index contributed by atoms with van der Waals surface area (Å²) in [6.07, 6.45) is 1.91. The molecule has 2 N–H and O–H groups in total. The molecule has 1 rings (SSSR count). The molecule has 3 nitrogen and oxygen atoms in total. The van der Waals surface area contributed by atoms with Gasteiger partial charge in [0.05, 0.1) is 4.48 Å². The van der Waals surface area contributed by atoms with Crippen LogP contribution in [0.25, 0.3) is 0 Å². The van der Waals surface area contributed by atoms with E-state index in [1.54, 1.807) is 0 Å². The van der Waals surface area contributed by atoms with Gasteiger partial charge in [-0.25, -0.2) is 4.99 Å². The van der Waals surface area contributed by atoms with Crippen molar-refractivity contribution in [2.45, 2.75) is 0 Å². The smallest absolute Gasteiger partial charge is 0.136 e. The lowest BCUT2D eigenvalue weighted by Crippen LogP contribution is -2.23. The number of hydrogen-bond acceptors (Lipinski definition) is 3. The molecule has 0 aromatic heterocycles. The summed E-state index contributed by atoms with van der Waals surface area (Å²) < 4.78 is 0.858. The lowest BCUT2D eigenvalue weighted by Gasteiger charge is -2.16. The summed E-state index contributed by atoms with van der Waals surface area (Å²) in [4.78, 5) is 5.94. The van der Waals surface area contributed by atoms with Crippen molar-refractivity contribution in [3.63, 3.8) is 0 Å². The predicted molar refractivity (Wildman–Crippen MR) is 41.3 cm³/mol. The number of hydrogen-bond donors (Lipinski definition) is 1. The van der Waals surface area contributed by atoms with Gasteiger partial charge in [0.1, 0.15) is 12.5 Å². The summed E-state index contributed by atoms with van der Waals surface area (Å²) in [5.41, 5.74) is 5.45. The molecular weight excluding hydrogens is 182 g/mol. The molecule has 0 aliphatic carbocycles. The normalized spacial score (nSPS) is 19.1. The van der Waals surface area contributed by atoms with Gasteiger partial charge in [0.2, 0.25) is 0 Å². The van der Waals surface area contributed by atoms with Gasteiger partial charge in [-0.2, -0.15) is 0 Å². The SMILES string of the molecule is CN1C=C(Br)C(N)=NC1. The zero-order valence-electron chi connectivity index (χ0n) is 5.13. The number of nitrogens with two attached hydrogens (primary N) is 1. The van der Waals surface area contributed by atoms with Crippen LogP contribution in [-0.4, -0.2) is 24.5 Å². The van der Waals surface area contributed by atoms with Gasteiger partial charge in [-0.15, -0.1) is 0 Å². The lowest BCUT2D eigenvalue weighted by molar-refractivity contribution is 0.467. The second kappa shape index (κ2) is 2.39. The maximum atomic E-state index is 5.45. The molecule has 0 atom stereocenters. The maximum Gasteiger partial charge on any atom is 0.136 e. The van der Waals surface area contributed by atoms with Crippen molar-refractivity contribution in [2.24, 2.45) is 10.7 Å². The molecule has 0 unspecified atom stereocenters. The fourth-order valence-electron chi connectivity index (χ4n) is 0.564. The monoisotopic (exact) mass is 189 g/mol. The van der Waals surface area contributed by atoms with Gasteiger partial charge in [0.15, 0.2) is 0 Å². The first-order chi connectivity index (χ1) is 4.20. The number of halogens is 1. The molecule has 9 heavy (non-hydrogen) atoms. The highest BCUT2D eigenvalue weighted by atomic mass is 79.9. The van der Waals surface area contributed by atoms with E-state index in [9.17, 15) is 0 Å². The first kappa shape index (κ1) is 6.61. The lowest BCUT2D eigenvalue weighted by atomic mass is 10.5. The third kappa shape index (κ3) is 1.45. The molecule has 0 amide bonds. The fourth-order valence-corrected chi connectivity index (χ4v) is 1.04. The maximum absolute atomic E-state index is 5.45. The summed E-state index contributed by atoms with van der Waals surface area (Å²) in [7, 11) is 1.94. The van der Waals surface area contributed by atoms with E-state index in [2.05, 4.69) is 20.9 Å². The Kier molecular flexibility index (Phi) is 1.75. The summed E-state index contributed by atoms with van der Waals surface area (Å²) in [6, 6.07) is 0. The quantitative estimate of drug-likeness (QED) is 0.603. The molecule has 0 spiro atoms. The van der Waals surface area contributed by atoms with Crippen molar-refractivity contribution in [1.29, 1.82) is 0 Å². The van der Waals surface area contributed by atoms with E-state index in [0.29, 0.717) is 12.5 Å². The zero-order chi connectivity index (χ0) is 6.85. The Balaban J connectivity index is 2.75. The van der Waals surface area contributed by atoms with Crippen molar-refractivity contribution in [2.75, 3.05) is 13.7 Å². The van der Waals surface area contributed by atoms with Gasteiger partial charge in [0.25, 0.3) is 0 Å². The second-order valence-corrected chi connectivity index (χ2v) is 2.77. The van der Waals surface area contributed by atoms with Gasteiger partial charge in [-0.05, 0) is 15.9 Å². The molecule has 1 aliphatic heterocycles. The van der Waals surface area contributed by atoms with Crippen LogP contribution in [0, 0.1) is 0 Å². The molecule has 1 aliphatic rings. The average molecular weight is 190 g/mol. The van der Waals surface area contributed by atoms with Gasteiger partial charge < -0.3 is 10.6 Å². The zero-order valence-corrected chi connectivity index (χ0v) is 6.72. The molecule has 0 aromatic carbocycles. The third-order valence-electron chi connectivity index (χ3n) is 1.04. The molecule has 0 fully saturated rings. The van der Waals surface area contributed by atoms with Gasteiger partial charge in [-0.1, -0.05) is 0 Å². The fraction of sp³-hybridized carbons (Fsp3) is 0.400. The minimum atomic E-state index is 0.577. The van der Waals surface area contributed by atoms with Crippen molar-refractivity contribution < 1.29 is 0 Å².